The van der Waals surface area contributed by atoms with E-state index in [4.69, 9.17) is 4.74 Å². The summed E-state index contributed by atoms with van der Waals surface area (Å²) >= 11 is 1.70. The van der Waals surface area contributed by atoms with E-state index in [0.717, 1.165) is 11.1 Å². The van der Waals surface area contributed by atoms with Gasteiger partial charge in [-0.2, -0.15) is 0 Å². The summed E-state index contributed by atoms with van der Waals surface area (Å²) in [6, 6.07) is 7.98. The number of benzene rings is 1. The van der Waals surface area contributed by atoms with Crippen molar-refractivity contribution >= 4 is 33.0 Å². The van der Waals surface area contributed by atoms with Crippen molar-refractivity contribution in [1.29, 1.82) is 0 Å². The van der Waals surface area contributed by atoms with Gasteiger partial charge in [0.15, 0.2) is 0 Å². The number of nitrogens with one attached hydrogen (secondary N) is 2. The van der Waals surface area contributed by atoms with Crippen molar-refractivity contribution < 1.29 is 9.53 Å². The normalized spacial score (nSPS) is 10.7. The van der Waals surface area contributed by atoms with Crippen LogP contribution in [-0.2, 0) is 9.53 Å². The third-order valence-corrected chi connectivity index (χ3v) is 3.40. The second kappa shape index (κ2) is 6.49. The number of fused-ring (bicyclic) bond motifs is 1. The van der Waals surface area contributed by atoms with Crippen molar-refractivity contribution in [2.75, 3.05) is 32.1 Å². The Balaban J connectivity index is 1.86. The predicted octanol–water partition coefficient (Wildman–Crippen LogP) is 2.08. The number of ether oxygens (including phenoxy) is 1. The standard InChI is InChI=1S/C13H16N2O2S/c1-17-6-5-14-9-13(16)15-11-2-3-12-10(8-11)4-7-18-12/h2-4,7-8,14H,5-6,9H2,1H3,(H,15,16). The molecule has 1 heterocycles. The molecule has 0 unspecified atom stereocenters. The summed E-state index contributed by atoms with van der Waals surface area (Å²) in [6.45, 7) is 1.58. The largest absolute Gasteiger partial charge is 0.383 e. The zero-order valence-electron chi connectivity index (χ0n) is 10.2. The SMILES string of the molecule is COCCNCC(=O)Nc1ccc2sccc2c1. The molecule has 0 aliphatic carbocycles. The maximum atomic E-state index is 11.6. The van der Waals surface area contributed by atoms with Crippen LogP contribution in [-0.4, -0.2) is 32.7 Å². The molecule has 0 aliphatic rings. The number of anilines is 1. The van der Waals surface area contributed by atoms with E-state index in [1.54, 1.807) is 18.4 Å². The Morgan fingerprint density at radius 3 is 3.11 bits per heavy atom. The summed E-state index contributed by atoms with van der Waals surface area (Å²) in [5.41, 5.74) is 0.833. The fourth-order valence-electron chi connectivity index (χ4n) is 1.63. The molecule has 0 aliphatic heterocycles. The molecule has 2 aromatic rings. The van der Waals surface area contributed by atoms with Crippen LogP contribution in [0, 0.1) is 0 Å². The van der Waals surface area contributed by atoms with E-state index in [2.05, 4.69) is 10.6 Å². The van der Waals surface area contributed by atoms with Gasteiger partial charge in [0.05, 0.1) is 13.2 Å². The van der Waals surface area contributed by atoms with E-state index < -0.39 is 0 Å². The first-order chi connectivity index (χ1) is 8.79. The van der Waals surface area contributed by atoms with Crippen LogP contribution in [0.25, 0.3) is 10.1 Å². The smallest absolute Gasteiger partial charge is 0.238 e. The maximum absolute atomic E-state index is 11.6. The number of hydrogen-bond acceptors (Lipinski definition) is 4. The van der Waals surface area contributed by atoms with Crippen molar-refractivity contribution in [1.82, 2.24) is 5.32 Å². The van der Waals surface area contributed by atoms with Crippen LogP contribution < -0.4 is 10.6 Å². The lowest BCUT2D eigenvalue weighted by Gasteiger charge is -2.06. The average molecular weight is 264 g/mol. The highest BCUT2D eigenvalue weighted by molar-refractivity contribution is 7.17. The van der Waals surface area contributed by atoms with E-state index in [9.17, 15) is 4.79 Å². The molecule has 1 amide bonds. The van der Waals surface area contributed by atoms with Crippen LogP contribution >= 0.6 is 11.3 Å². The molecule has 0 atom stereocenters. The Morgan fingerprint density at radius 1 is 1.39 bits per heavy atom. The van der Waals surface area contributed by atoms with Crippen molar-refractivity contribution in [3.63, 3.8) is 0 Å². The van der Waals surface area contributed by atoms with Gasteiger partial charge in [0.1, 0.15) is 0 Å². The van der Waals surface area contributed by atoms with Gasteiger partial charge in [0.2, 0.25) is 5.91 Å². The molecule has 1 aromatic carbocycles. The summed E-state index contributed by atoms with van der Waals surface area (Å²) in [5.74, 6) is -0.0410. The van der Waals surface area contributed by atoms with Gasteiger partial charge in [0, 0.05) is 24.0 Å². The van der Waals surface area contributed by atoms with E-state index >= 15 is 0 Å². The molecule has 96 valence electrons. The Morgan fingerprint density at radius 2 is 2.28 bits per heavy atom. The number of carbonyl (C=O) groups excluding carboxylic acids is 1. The number of methoxy groups -OCH3 is 1. The lowest BCUT2D eigenvalue weighted by Crippen LogP contribution is -2.30. The van der Waals surface area contributed by atoms with Crippen LogP contribution in [0.4, 0.5) is 5.69 Å². The summed E-state index contributed by atoms with van der Waals surface area (Å²) in [5, 5.41) is 9.07. The van der Waals surface area contributed by atoms with Crippen molar-refractivity contribution in [2.24, 2.45) is 0 Å². The highest BCUT2D eigenvalue weighted by Gasteiger charge is 2.02. The van der Waals surface area contributed by atoms with E-state index in [0.29, 0.717) is 19.7 Å². The highest BCUT2D eigenvalue weighted by atomic mass is 32.1. The molecule has 0 radical (unpaired) electrons. The van der Waals surface area contributed by atoms with E-state index in [-0.39, 0.29) is 5.91 Å². The Hall–Kier alpha value is -1.43. The minimum atomic E-state index is -0.0410. The van der Waals surface area contributed by atoms with Gasteiger partial charge in [0.25, 0.3) is 0 Å². The third-order valence-electron chi connectivity index (χ3n) is 2.50. The molecular formula is C13H16N2O2S. The minimum absolute atomic E-state index is 0.0410. The molecule has 2 N–H and O–H groups in total. The first-order valence-electron chi connectivity index (χ1n) is 5.76. The fourth-order valence-corrected chi connectivity index (χ4v) is 2.40. The molecular weight excluding hydrogens is 248 g/mol. The average Bonchev–Trinajstić information content (AvgIpc) is 2.82. The van der Waals surface area contributed by atoms with Crippen LogP contribution in [0.1, 0.15) is 0 Å². The number of carbonyl (C=O) groups is 1. The fraction of sp³-hybridized carbons (Fsp3) is 0.308. The van der Waals surface area contributed by atoms with Gasteiger partial charge in [-0.15, -0.1) is 11.3 Å². The Bertz CT molecular complexity index is 524. The van der Waals surface area contributed by atoms with Gasteiger partial charge in [-0.05, 0) is 35.0 Å². The van der Waals surface area contributed by atoms with E-state index in [1.165, 1.54) is 4.70 Å². The topological polar surface area (TPSA) is 50.4 Å². The summed E-state index contributed by atoms with van der Waals surface area (Å²) < 4.78 is 6.12. The molecule has 4 nitrogen and oxygen atoms in total. The van der Waals surface area contributed by atoms with Gasteiger partial charge in [-0.3, -0.25) is 4.79 Å². The van der Waals surface area contributed by atoms with Crippen LogP contribution in [0.3, 0.4) is 0 Å². The molecule has 0 spiro atoms. The zero-order valence-corrected chi connectivity index (χ0v) is 11.0. The molecule has 1 aromatic heterocycles. The monoisotopic (exact) mass is 264 g/mol. The zero-order chi connectivity index (χ0) is 12.8. The number of hydrogen-bond donors (Lipinski definition) is 2. The lowest BCUT2D eigenvalue weighted by molar-refractivity contribution is -0.115. The van der Waals surface area contributed by atoms with Crippen molar-refractivity contribution in [3.05, 3.63) is 29.6 Å². The number of thiophene rings is 1. The summed E-state index contributed by atoms with van der Waals surface area (Å²) in [4.78, 5) is 11.6. The van der Waals surface area contributed by atoms with Crippen molar-refractivity contribution in [3.8, 4) is 0 Å². The maximum Gasteiger partial charge on any atom is 0.238 e. The second-order valence-electron chi connectivity index (χ2n) is 3.89. The number of amides is 1. The quantitative estimate of drug-likeness (QED) is 0.785. The van der Waals surface area contributed by atoms with Gasteiger partial charge >= 0.3 is 0 Å². The van der Waals surface area contributed by atoms with Crippen LogP contribution in [0.2, 0.25) is 0 Å². The third kappa shape index (κ3) is 3.53. The molecule has 5 heteroatoms. The first kappa shape index (κ1) is 13.0. The molecule has 0 saturated heterocycles. The summed E-state index contributed by atoms with van der Waals surface area (Å²) in [6.07, 6.45) is 0. The minimum Gasteiger partial charge on any atom is -0.383 e. The molecule has 0 bridgehead atoms. The molecule has 2 rings (SSSR count). The second-order valence-corrected chi connectivity index (χ2v) is 4.84. The number of rotatable bonds is 6. The molecule has 18 heavy (non-hydrogen) atoms. The van der Waals surface area contributed by atoms with Crippen molar-refractivity contribution in [2.45, 2.75) is 0 Å². The van der Waals surface area contributed by atoms with Crippen LogP contribution in [0.5, 0.6) is 0 Å². The summed E-state index contributed by atoms with van der Waals surface area (Å²) in [7, 11) is 1.64. The van der Waals surface area contributed by atoms with Crippen LogP contribution in [0.15, 0.2) is 29.6 Å². The predicted molar refractivity (Wildman–Crippen MR) is 75.2 cm³/mol. The first-order valence-corrected chi connectivity index (χ1v) is 6.64. The Labute approximate surface area is 110 Å². The highest BCUT2D eigenvalue weighted by Crippen LogP contribution is 2.23. The Kier molecular flexibility index (Phi) is 4.69. The molecule has 0 fully saturated rings. The van der Waals surface area contributed by atoms with Gasteiger partial charge in [-0.1, -0.05) is 0 Å². The lowest BCUT2D eigenvalue weighted by atomic mass is 10.2. The molecule has 0 saturated carbocycles. The van der Waals surface area contributed by atoms with Gasteiger partial charge < -0.3 is 15.4 Å². The van der Waals surface area contributed by atoms with Gasteiger partial charge in [-0.25, -0.2) is 0 Å². The van der Waals surface area contributed by atoms with E-state index in [1.807, 2.05) is 29.6 Å².